The maximum atomic E-state index is 11.2. The van der Waals surface area contributed by atoms with Crippen LogP contribution in [0, 0.1) is 0 Å². The van der Waals surface area contributed by atoms with Crippen LogP contribution in [0.1, 0.15) is 27.2 Å². The Hall–Kier alpha value is -0.950. The van der Waals surface area contributed by atoms with E-state index in [1.54, 1.807) is 6.92 Å². The Morgan fingerprint density at radius 3 is 2.80 bits per heavy atom. The minimum absolute atomic E-state index is 0.249. The largest absolute Gasteiger partial charge is 0.466 e. The molecule has 1 N–H and O–H groups in total. The van der Waals surface area contributed by atoms with Gasteiger partial charge in [-0.05, 0) is 27.2 Å². The molecule has 0 aromatic rings. The molecule has 2 aliphatic rings. The van der Waals surface area contributed by atoms with Crippen LogP contribution in [0.15, 0.2) is 11.6 Å². The number of aliphatic hydroxyl groups is 1. The van der Waals surface area contributed by atoms with E-state index >= 15 is 0 Å². The Morgan fingerprint density at radius 2 is 2.15 bits per heavy atom. The van der Waals surface area contributed by atoms with Crippen LogP contribution in [-0.2, 0) is 23.7 Å². The van der Waals surface area contributed by atoms with Gasteiger partial charge in [-0.2, -0.15) is 0 Å². The van der Waals surface area contributed by atoms with Crippen molar-refractivity contribution in [2.75, 3.05) is 13.7 Å². The molecule has 0 spiro atoms. The van der Waals surface area contributed by atoms with E-state index in [1.807, 2.05) is 13.8 Å². The van der Waals surface area contributed by atoms with Gasteiger partial charge in [0.2, 0.25) is 0 Å². The molecule has 0 aromatic carbocycles. The predicted molar refractivity (Wildman–Crippen MR) is 70.0 cm³/mol. The van der Waals surface area contributed by atoms with Gasteiger partial charge in [-0.25, -0.2) is 4.79 Å². The molecule has 2 saturated heterocycles. The number of hydrogen-bond donors (Lipinski definition) is 1. The lowest BCUT2D eigenvalue weighted by molar-refractivity contribution is -0.160. The average molecular weight is 286 g/mol. The van der Waals surface area contributed by atoms with Crippen LogP contribution in [0.4, 0.5) is 0 Å². The quantitative estimate of drug-likeness (QED) is 0.610. The van der Waals surface area contributed by atoms with E-state index in [4.69, 9.17) is 14.2 Å². The Balaban J connectivity index is 1.98. The van der Waals surface area contributed by atoms with E-state index < -0.39 is 30.1 Å². The highest BCUT2D eigenvalue weighted by atomic mass is 16.8. The molecule has 2 aliphatic heterocycles. The molecule has 2 heterocycles. The van der Waals surface area contributed by atoms with Crippen molar-refractivity contribution in [2.24, 2.45) is 0 Å². The molecule has 2 fully saturated rings. The van der Waals surface area contributed by atoms with Gasteiger partial charge in [0.05, 0.1) is 19.8 Å². The van der Waals surface area contributed by atoms with Crippen LogP contribution in [-0.4, -0.2) is 55.0 Å². The number of hydrogen-bond acceptors (Lipinski definition) is 6. The smallest absolute Gasteiger partial charge is 0.330 e. The summed E-state index contributed by atoms with van der Waals surface area (Å²) in [5.74, 6) is -1.11. The summed E-state index contributed by atoms with van der Waals surface area (Å²) in [6.07, 6.45) is 0.0171. The van der Waals surface area contributed by atoms with Crippen molar-refractivity contribution in [3.8, 4) is 0 Å². The number of aliphatic hydroxyl groups excluding tert-OH is 1. The molecule has 6 heteroatoms. The van der Waals surface area contributed by atoms with Gasteiger partial charge in [-0.3, -0.25) is 0 Å². The van der Waals surface area contributed by atoms with Crippen molar-refractivity contribution in [3.05, 3.63) is 11.6 Å². The summed E-state index contributed by atoms with van der Waals surface area (Å²) in [7, 11) is 1.33. The van der Waals surface area contributed by atoms with Crippen LogP contribution in [0.25, 0.3) is 0 Å². The second kappa shape index (κ2) is 5.81. The normalized spacial score (nSPS) is 36.5. The topological polar surface area (TPSA) is 74.2 Å². The lowest BCUT2D eigenvalue weighted by Gasteiger charge is -2.35. The minimum Gasteiger partial charge on any atom is -0.466 e. The lowest BCUT2D eigenvalue weighted by atomic mass is 9.95. The molecule has 20 heavy (non-hydrogen) atoms. The van der Waals surface area contributed by atoms with E-state index in [9.17, 15) is 9.90 Å². The van der Waals surface area contributed by atoms with E-state index in [-0.39, 0.29) is 6.10 Å². The van der Waals surface area contributed by atoms with E-state index in [0.717, 1.165) is 5.57 Å². The lowest BCUT2D eigenvalue weighted by Crippen LogP contribution is -2.51. The van der Waals surface area contributed by atoms with Crippen molar-refractivity contribution in [2.45, 2.75) is 57.4 Å². The van der Waals surface area contributed by atoms with Gasteiger partial charge in [0.1, 0.15) is 18.3 Å². The first-order chi connectivity index (χ1) is 9.32. The van der Waals surface area contributed by atoms with Crippen molar-refractivity contribution in [1.29, 1.82) is 0 Å². The van der Waals surface area contributed by atoms with Gasteiger partial charge < -0.3 is 24.1 Å². The third kappa shape index (κ3) is 3.38. The molecular weight excluding hydrogens is 264 g/mol. The number of fused-ring (bicyclic) bond motifs is 1. The fourth-order valence-corrected chi connectivity index (χ4v) is 2.63. The Morgan fingerprint density at radius 1 is 1.45 bits per heavy atom. The maximum absolute atomic E-state index is 11.2. The van der Waals surface area contributed by atoms with Gasteiger partial charge in [0.25, 0.3) is 0 Å². The summed E-state index contributed by atoms with van der Waals surface area (Å²) in [6, 6.07) is 0. The van der Waals surface area contributed by atoms with Crippen LogP contribution in [0.3, 0.4) is 0 Å². The summed E-state index contributed by atoms with van der Waals surface area (Å²) >= 11 is 0. The Kier molecular flexibility index (Phi) is 4.49. The zero-order valence-electron chi connectivity index (χ0n) is 12.3. The predicted octanol–water partition coefficient (Wildman–Crippen LogP) is 0.776. The highest BCUT2D eigenvalue weighted by Gasteiger charge is 2.50. The molecule has 2 rings (SSSR count). The molecule has 0 aliphatic carbocycles. The first-order valence-electron chi connectivity index (χ1n) is 6.73. The average Bonchev–Trinajstić information content (AvgIpc) is 2.68. The van der Waals surface area contributed by atoms with Gasteiger partial charge in [0, 0.05) is 6.08 Å². The number of rotatable bonds is 3. The molecule has 0 amide bonds. The summed E-state index contributed by atoms with van der Waals surface area (Å²) < 4.78 is 21.6. The highest BCUT2D eigenvalue weighted by molar-refractivity contribution is 5.82. The summed E-state index contributed by atoms with van der Waals surface area (Å²) in [6.45, 7) is 5.81. The van der Waals surface area contributed by atoms with Crippen LogP contribution in [0.2, 0.25) is 0 Å². The molecule has 0 bridgehead atoms. The fraction of sp³-hybridized carbons (Fsp3) is 0.786. The van der Waals surface area contributed by atoms with Gasteiger partial charge in [-0.1, -0.05) is 5.57 Å². The minimum atomic E-state index is -0.781. The van der Waals surface area contributed by atoms with Crippen LogP contribution >= 0.6 is 0 Å². The molecule has 0 radical (unpaired) electrons. The highest BCUT2D eigenvalue weighted by Crippen LogP contribution is 2.35. The van der Waals surface area contributed by atoms with E-state index in [1.165, 1.54) is 13.2 Å². The summed E-state index contributed by atoms with van der Waals surface area (Å²) in [5.41, 5.74) is 0.789. The zero-order valence-corrected chi connectivity index (χ0v) is 12.3. The number of carbonyl (C=O) groups excluding carboxylic acids is 1. The van der Waals surface area contributed by atoms with Crippen molar-refractivity contribution >= 4 is 5.97 Å². The van der Waals surface area contributed by atoms with E-state index in [0.29, 0.717) is 13.0 Å². The van der Waals surface area contributed by atoms with Gasteiger partial charge in [-0.15, -0.1) is 0 Å². The second-order valence-corrected chi connectivity index (χ2v) is 5.72. The maximum Gasteiger partial charge on any atom is 0.330 e. The number of ether oxygens (including phenoxy) is 4. The standard InChI is InChI=1S/C14H22O6/c1-8(6-11(15)17-4)5-9-12(16)13-10(7-18-9)19-14(2,3)20-13/h6,9-10,12-13,16H,5,7H2,1-4H3/b8-6-. The molecular formula is C14H22O6. The Labute approximate surface area is 118 Å². The van der Waals surface area contributed by atoms with E-state index in [2.05, 4.69) is 4.74 Å². The Bertz CT molecular complexity index is 402. The SMILES string of the molecule is COC(=O)/C=C(/C)CC1OCC2OC(C)(C)OC2C1O. The van der Waals surface area contributed by atoms with Gasteiger partial charge in [0.15, 0.2) is 5.79 Å². The van der Waals surface area contributed by atoms with Crippen molar-refractivity contribution in [3.63, 3.8) is 0 Å². The van der Waals surface area contributed by atoms with Gasteiger partial charge >= 0.3 is 5.97 Å². The zero-order chi connectivity index (χ0) is 14.9. The van der Waals surface area contributed by atoms with Crippen molar-refractivity contribution < 1.29 is 28.8 Å². The second-order valence-electron chi connectivity index (χ2n) is 5.72. The summed E-state index contributed by atoms with van der Waals surface area (Å²) in [4.78, 5) is 11.2. The molecule has 6 nitrogen and oxygen atoms in total. The fourth-order valence-electron chi connectivity index (χ4n) is 2.63. The molecule has 114 valence electrons. The molecule has 4 atom stereocenters. The number of methoxy groups -OCH3 is 1. The van der Waals surface area contributed by atoms with Crippen LogP contribution in [0.5, 0.6) is 0 Å². The first-order valence-corrected chi connectivity index (χ1v) is 6.73. The number of carbonyl (C=O) groups is 1. The molecule has 0 saturated carbocycles. The van der Waals surface area contributed by atoms with Crippen molar-refractivity contribution in [1.82, 2.24) is 0 Å². The third-order valence-corrected chi connectivity index (χ3v) is 3.50. The third-order valence-electron chi connectivity index (χ3n) is 3.50. The monoisotopic (exact) mass is 286 g/mol. The molecule has 0 aromatic heterocycles. The molecule has 4 unspecified atom stereocenters. The van der Waals surface area contributed by atoms with Crippen LogP contribution < -0.4 is 0 Å². The first kappa shape index (κ1) is 15.4. The summed E-state index contributed by atoms with van der Waals surface area (Å²) in [5, 5.41) is 10.3. The number of esters is 1.